The van der Waals surface area contributed by atoms with Crippen molar-refractivity contribution in [1.82, 2.24) is 14.5 Å². The molecule has 1 aliphatic heterocycles. The van der Waals surface area contributed by atoms with Gasteiger partial charge in [-0.3, -0.25) is 4.79 Å². The van der Waals surface area contributed by atoms with Gasteiger partial charge in [0.15, 0.2) is 6.61 Å². The number of nitrogens with one attached hydrogen (secondary N) is 2. The summed E-state index contributed by atoms with van der Waals surface area (Å²) in [5.41, 5.74) is 0.610. The molecule has 4 rings (SSSR count). The maximum Gasteiger partial charge on any atom is 0.416 e. The highest BCUT2D eigenvalue weighted by atomic mass is 32.2. The van der Waals surface area contributed by atoms with Crippen molar-refractivity contribution in [2.45, 2.75) is 31.0 Å². The SMILES string of the molecule is Cc1c([C@H](C)NS(=O)(=O)c2ccc3c(c2)NC(=O)CO3)cnn1-c1cccc(C(F)(F)F)c1. The lowest BCUT2D eigenvalue weighted by Gasteiger charge is -2.19. The summed E-state index contributed by atoms with van der Waals surface area (Å²) >= 11 is 0. The standard InChI is InChI=1S/C21H19F3N4O4S/c1-12(27-33(30,31)16-6-7-19-18(9-16)26-20(29)11-32-19)17-10-25-28(13(17)2)15-5-3-4-14(8-15)21(22,23)24/h3-10,12,27H,11H2,1-2H3,(H,26,29)/t12-/m0/s1. The Bertz CT molecular complexity index is 1340. The van der Waals surface area contributed by atoms with Crippen molar-refractivity contribution in [1.29, 1.82) is 0 Å². The molecule has 0 unspecified atom stereocenters. The van der Waals surface area contributed by atoms with Crippen molar-refractivity contribution < 1.29 is 31.1 Å². The third kappa shape index (κ3) is 4.57. The monoisotopic (exact) mass is 480 g/mol. The van der Waals surface area contributed by atoms with Crippen LogP contribution >= 0.6 is 0 Å². The summed E-state index contributed by atoms with van der Waals surface area (Å²) in [7, 11) is -4.00. The molecule has 0 bridgehead atoms. The van der Waals surface area contributed by atoms with E-state index in [1.165, 1.54) is 41.2 Å². The van der Waals surface area contributed by atoms with Gasteiger partial charge in [0.05, 0.1) is 28.0 Å². The molecule has 2 N–H and O–H groups in total. The number of carbonyl (C=O) groups is 1. The molecule has 2 heterocycles. The number of rotatable bonds is 5. The van der Waals surface area contributed by atoms with E-state index in [4.69, 9.17) is 4.74 Å². The number of aromatic nitrogens is 2. The minimum atomic E-state index is -4.50. The van der Waals surface area contributed by atoms with E-state index in [0.29, 0.717) is 17.0 Å². The number of nitrogens with zero attached hydrogens (tertiary/aromatic N) is 2. The Morgan fingerprint density at radius 1 is 1.21 bits per heavy atom. The number of hydrogen-bond acceptors (Lipinski definition) is 5. The molecule has 0 spiro atoms. The van der Waals surface area contributed by atoms with Crippen molar-refractivity contribution in [3.05, 3.63) is 65.5 Å². The van der Waals surface area contributed by atoms with Gasteiger partial charge in [0.1, 0.15) is 5.75 Å². The summed E-state index contributed by atoms with van der Waals surface area (Å²) in [6, 6.07) is 8.06. The molecular formula is C21H19F3N4O4S. The largest absolute Gasteiger partial charge is 0.482 e. The fourth-order valence-corrected chi connectivity index (χ4v) is 4.76. The fourth-order valence-electron chi connectivity index (χ4n) is 3.52. The van der Waals surface area contributed by atoms with Gasteiger partial charge in [-0.1, -0.05) is 6.07 Å². The number of fused-ring (bicyclic) bond motifs is 1. The second-order valence-electron chi connectivity index (χ2n) is 7.48. The highest BCUT2D eigenvalue weighted by molar-refractivity contribution is 7.89. The Morgan fingerprint density at radius 3 is 2.70 bits per heavy atom. The number of sulfonamides is 1. The zero-order chi connectivity index (χ0) is 24.0. The minimum Gasteiger partial charge on any atom is -0.482 e. The lowest BCUT2D eigenvalue weighted by molar-refractivity contribution is -0.137. The molecule has 1 amide bonds. The van der Waals surface area contributed by atoms with Crippen molar-refractivity contribution in [3.63, 3.8) is 0 Å². The predicted molar refractivity (Wildman–Crippen MR) is 113 cm³/mol. The van der Waals surface area contributed by atoms with Crippen LogP contribution in [0, 0.1) is 6.92 Å². The van der Waals surface area contributed by atoms with Crippen LogP contribution < -0.4 is 14.8 Å². The quantitative estimate of drug-likeness (QED) is 0.581. The number of amides is 1. The van der Waals surface area contributed by atoms with Gasteiger partial charge in [-0.2, -0.15) is 18.3 Å². The lowest BCUT2D eigenvalue weighted by Crippen LogP contribution is -2.28. The molecule has 12 heteroatoms. The molecule has 174 valence electrons. The number of carbonyl (C=O) groups excluding carboxylic acids is 1. The Hall–Kier alpha value is -3.38. The van der Waals surface area contributed by atoms with Crippen molar-refractivity contribution in [3.8, 4) is 11.4 Å². The van der Waals surface area contributed by atoms with Gasteiger partial charge in [-0.25, -0.2) is 17.8 Å². The first kappa shape index (κ1) is 22.8. The van der Waals surface area contributed by atoms with Crippen LogP contribution in [-0.4, -0.2) is 30.7 Å². The van der Waals surface area contributed by atoms with Gasteiger partial charge in [0, 0.05) is 17.3 Å². The zero-order valence-corrected chi connectivity index (χ0v) is 18.3. The van der Waals surface area contributed by atoms with E-state index in [1.54, 1.807) is 13.8 Å². The van der Waals surface area contributed by atoms with Crippen molar-refractivity contribution in [2.75, 3.05) is 11.9 Å². The van der Waals surface area contributed by atoms with E-state index in [-0.39, 0.29) is 22.9 Å². The minimum absolute atomic E-state index is 0.0816. The summed E-state index contributed by atoms with van der Waals surface area (Å²) in [5, 5.41) is 6.70. The molecule has 0 saturated carbocycles. The van der Waals surface area contributed by atoms with Gasteiger partial charge in [0.2, 0.25) is 10.0 Å². The first-order valence-electron chi connectivity index (χ1n) is 9.77. The molecule has 1 aromatic heterocycles. The second-order valence-corrected chi connectivity index (χ2v) is 9.20. The van der Waals surface area contributed by atoms with E-state index in [9.17, 15) is 26.4 Å². The average Bonchev–Trinajstić information content (AvgIpc) is 3.14. The lowest BCUT2D eigenvalue weighted by atomic mass is 10.1. The van der Waals surface area contributed by atoms with Crippen LogP contribution in [0.5, 0.6) is 5.75 Å². The van der Waals surface area contributed by atoms with E-state index < -0.39 is 33.7 Å². The van der Waals surface area contributed by atoms with Crippen molar-refractivity contribution in [2.24, 2.45) is 0 Å². The molecule has 8 nitrogen and oxygen atoms in total. The van der Waals surface area contributed by atoms with Crippen LogP contribution in [0.3, 0.4) is 0 Å². The predicted octanol–water partition coefficient (Wildman–Crippen LogP) is 3.57. The molecule has 0 saturated heterocycles. The van der Waals surface area contributed by atoms with Crippen LogP contribution in [0.25, 0.3) is 5.69 Å². The molecule has 33 heavy (non-hydrogen) atoms. The average molecular weight is 480 g/mol. The smallest absolute Gasteiger partial charge is 0.416 e. The molecule has 1 aliphatic rings. The molecular weight excluding hydrogens is 461 g/mol. The Labute approximate surface area is 187 Å². The van der Waals surface area contributed by atoms with E-state index in [1.807, 2.05) is 0 Å². The molecule has 3 aromatic rings. The zero-order valence-electron chi connectivity index (χ0n) is 17.5. The molecule has 0 aliphatic carbocycles. The third-order valence-electron chi connectivity index (χ3n) is 5.16. The number of anilines is 1. The Balaban J connectivity index is 1.59. The van der Waals surface area contributed by atoms with Gasteiger partial charge < -0.3 is 10.1 Å². The Kier molecular flexibility index (Phi) is 5.66. The first-order chi connectivity index (χ1) is 15.5. The van der Waals surface area contributed by atoms with Crippen LogP contribution in [0.15, 0.2) is 53.6 Å². The van der Waals surface area contributed by atoms with Crippen LogP contribution in [-0.2, 0) is 21.0 Å². The van der Waals surface area contributed by atoms with Crippen LogP contribution in [0.1, 0.15) is 29.8 Å². The second kappa shape index (κ2) is 8.19. The van der Waals surface area contributed by atoms with E-state index in [0.717, 1.165) is 12.1 Å². The van der Waals surface area contributed by atoms with Crippen LogP contribution in [0.2, 0.25) is 0 Å². The van der Waals surface area contributed by atoms with Gasteiger partial charge >= 0.3 is 6.18 Å². The number of hydrogen-bond donors (Lipinski definition) is 2. The summed E-state index contributed by atoms with van der Waals surface area (Å²) in [6.45, 7) is 3.09. The third-order valence-corrected chi connectivity index (χ3v) is 6.70. The van der Waals surface area contributed by atoms with Gasteiger partial charge in [-0.15, -0.1) is 0 Å². The van der Waals surface area contributed by atoms with Crippen LogP contribution in [0.4, 0.5) is 18.9 Å². The van der Waals surface area contributed by atoms with Gasteiger partial charge in [-0.05, 0) is 50.2 Å². The summed E-state index contributed by atoms with van der Waals surface area (Å²) in [6.07, 6.45) is -3.09. The number of halogens is 3. The topological polar surface area (TPSA) is 102 Å². The maximum absolute atomic E-state index is 13.1. The van der Waals surface area contributed by atoms with E-state index in [2.05, 4.69) is 15.1 Å². The normalized spacial score (nSPS) is 14.9. The highest BCUT2D eigenvalue weighted by Gasteiger charge is 2.31. The number of alkyl halides is 3. The summed E-state index contributed by atoms with van der Waals surface area (Å²) in [5.74, 6) is -0.0317. The highest BCUT2D eigenvalue weighted by Crippen LogP contribution is 2.32. The van der Waals surface area contributed by atoms with E-state index >= 15 is 0 Å². The Morgan fingerprint density at radius 2 is 1.97 bits per heavy atom. The first-order valence-corrected chi connectivity index (χ1v) is 11.3. The molecule has 1 atom stereocenters. The number of benzene rings is 2. The molecule has 2 aromatic carbocycles. The summed E-state index contributed by atoms with van der Waals surface area (Å²) < 4.78 is 74.1. The maximum atomic E-state index is 13.1. The number of ether oxygens (including phenoxy) is 1. The fraction of sp³-hybridized carbons (Fsp3) is 0.238. The molecule has 0 fully saturated rings. The van der Waals surface area contributed by atoms with Gasteiger partial charge in [0.25, 0.3) is 5.91 Å². The molecule has 0 radical (unpaired) electrons. The van der Waals surface area contributed by atoms with Crippen molar-refractivity contribution >= 4 is 21.6 Å². The summed E-state index contributed by atoms with van der Waals surface area (Å²) in [4.78, 5) is 11.4.